The van der Waals surface area contributed by atoms with Crippen molar-refractivity contribution in [3.05, 3.63) is 46.5 Å². The molecule has 70 valence electrons. The molecule has 0 amide bonds. The maximum Gasteiger partial charge on any atom is 0.0438 e. The molecular weight excluding hydrogens is 203 g/mol. The summed E-state index contributed by atoms with van der Waals surface area (Å²) in [5, 5.41) is 0.830. The number of hydrogen-bond acceptors (Lipinski definition) is 0. The van der Waals surface area contributed by atoms with Crippen molar-refractivity contribution in [2.24, 2.45) is 0 Å². The Balaban J connectivity index is 2.68. The number of alkyl halides is 1. The first-order valence-corrected chi connectivity index (χ1v) is 5.11. The quantitative estimate of drug-likeness (QED) is 0.528. The van der Waals surface area contributed by atoms with Crippen LogP contribution in [0.15, 0.2) is 30.4 Å². The summed E-state index contributed by atoms with van der Waals surface area (Å²) in [6, 6.07) is 6.11. The summed E-state index contributed by atoms with van der Waals surface area (Å²) < 4.78 is 0. The van der Waals surface area contributed by atoms with Crippen molar-refractivity contribution in [2.75, 3.05) is 5.88 Å². The Morgan fingerprint density at radius 2 is 2.08 bits per heavy atom. The Kier molecular flexibility index (Phi) is 4.34. The van der Waals surface area contributed by atoms with Crippen LogP contribution in [0.5, 0.6) is 0 Å². The van der Waals surface area contributed by atoms with Crippen molar-refractivity contribution >= 4 is 23.2 Å². The monoisotopic (exact) mass is 214 g/mol. The van der Waals surface area contributed by atoms with E-state index in [2.05, 4.69) is 6.07 Å². The summed E-state index contributed by atoms with van der Waals surface area (Å²) in [5.74, 6) is 0.569. The zero-order valence-electron chi connectivity index (χ0n) is 7.56. The van der Waals surface area contributed by atoms with Crippen LogP contribution >= 0.6 is 23.2 Å². The Bertz CT molecular complexity index is 303. The van der Waals surface area contributed by atoms with Gasteiger partial charge in [0.05, 0.1) is 0 Å². The number of allylic oxidation sites excluding steroid dienone is 2. The van der Waals surface area contributed by atoms with Crippen LogP contribution in [0.2, 0.25) is 5.02 Å². The molecule has 1 aromatic carbocycles. The van der Waals surface area contributed by atoms with E-state index in [9.17, 15) is 0 Å². The highest BCUT2D eigenvalue weighted by Crippen LogP contribution is 2.17. The van der Waals surface area contributed by atoms with Gasteiger partial charge >= 0.3 is 0 Å². The van der Waals surface area contributed by atoms with Crippen LogP contribution in [0.3, 0.4) is 0 Å². The SMILES string of the molecule is Cc1ccc(C/C=C/CCl)cc1Cl. The normalized spacial score (nSPS) is 11.0. The second kappa shape index (κ2) is 5.31. The maximum atomic E-state index is 5.98. The number of benzene rings is 1. The Labute approximate surface area is 89.2 Å². The molecule has 0 bridgehead atoms. The van der Waals surface area contributed by atoms with E-state index >= 15 is 0 Å². The molecule has 0 atom stereocenters. The molecule has 0 saturated heterocycles. The lowest BCUT2D eigenvalue weighted by Crippen LogP contribution is -1.83. The van der Waals surface area contributed by atoms with Crippen LogP contribution in [0.1, 0.15) is 11.1 Å². The fourth-order valence-electron chi connectivity index (χ4n) is 1.05. The minimum Gasteiger partial charge on any atom is -0.122 e. The summed E-state index contributed by atoms with van der Waals surface area (Å²) in [6.07, 6.45) is 4.88. The molecule has 0 fully saturated rings. The van der Waals surface area contributed by atoms with Gasteiger partial charge in [-0.1, -0.05) is 35.9 Å². The lowest BCUT2D eigenvalue weighted by atomic mass is 10.1. The number of hydrogen-bond donors (Lipinski definition) is 0. The molecular formula is C11H12Cl2. The zero-order valence-corrected chi connectivity index (χ0v) is 9.07. The lowest BCUT2D eigenvalue weighted by molar-refractivity contribution is 1.25. The molecule has 0 aliphatic rings. The smallest absolute Gasteiger partial charge is 0.0438 e. The van der Waals surface area contributed by atoms with Crippen LogP contribution in [-0.4, -0.2) is 5.88 Å². The first-order chi connectivity index (χ1) is 6.24. The summed E-state index contributed by atoms with van der Waals surface area (Å²) >= 11 is 11.5. The van der Waals surface area contributed by atoms with E-state index in [1.165, 1.54) is 5.56 Å². The molecule has 0 nitrogen and oxygen atoms in total. The fraction of sp³-hybridized carbons (Fsp3) is 0.273. The molecule has 0 unspecified atom stereocenters. The van der Waals surface area contributed by atoms with Gasteiger partial charge in [-0.3, -0.25) is 0 Å². The van der Waals surface area contributed by atoms with Gasteiger partial charge in [-0.05, 0) is 30.5 Å². The van der Waals surface area contributed by atoms with Gasteiger partial charge in [-0.15, -0.1) is 11.6 Å². The summed E-state index contributed by atoms with van der Waals surface area (Å²) in [4.78, 5) is 0. The van der Waals surface area contributed by atoms with E-state index in [1.54, 1.807) is 0 Å². The van der Waals surface area contributed by atoms with E-state index in [0.29, 0.717) is 5.88 Å². The Morgan fingerprint density at radius 1 is 1.31 bits per heavy atom. The Hall–Kier alpha value is -0.460. The van der Waals surface area contributed by atoms with Gasteiger partial charge in [0.2, 0.25) is 0 Å². The molecule has 0 N–H and O–H groups in total. The second-order valence-electron chi connectivity index (χ2n) is 2.91. The predicted octanol–water partition coefficient (Wildman–Crippen LogP) is 3.99. The molecule has 0 radical (unpaired) electrons. The fourth-order valence-corrected chi connectivity index (χ4v) is 1.37. The van der Waals surface area contributed by atoms with Crippen molar-refractivity contribution in [3.63, 3.8) is 0 Å². The van der Waals surface area contributed by atoms with Crippen LogP contribution in [0.4, 0.5) is 0 Å². The highest BCUT2D eigenvalue weighted by Gasteiger charge is 1.95. The predicted molar refractivity (Wildman–Crippen MR) is 59.8 cm³/mol. The standard InChI is InChI=1S/C11H12Cl2/c1-9-5-6-10(8-11(9)13)4-2-3-7-12/h2-3,5-6,8H,4,7H2,1H3/b3-2+. The highest BCUT2D eigenvalue weighted by molar-refractivity contribution is 6.31. The molecule has 13 heavy (non-hydrogen) atoms. The molecule has 0 spiro atoms. The number of aryl methyl sites for hydroxylation is 1. The minimum absolute atomic E-state index is 0.569. The summed E-state index contributed by atoms with van der Waals surface area (Å²) in [7, 11) is 0. The minimum atomic E-state index is 0.569. The van der Waals surface area contributed by atoms with Crippen molar-refractivity contribution in [3.8, 4) is 0 Å². The van der Waals surface area contributed by atoms with Crippen molar-refractivity contribution in [1.29, 1.82) is 0 Å². The van der Waals surface area contributed by atoms with Crippen LogP contribution in [0.25, 0.3) is 0 Å². The zero-order chi connectivity index (χ0) is 9.68. The highest BCUT2D eigenvalue weighted by atomic mass is 35.5. The average Bonchev–Trinajstić information content (AvgIpc) is 2.12. The van der Waals surface area contributed by atoms with E-state index < -0.39 is 0 Å². The van der Waals surface area contributed by atoms with E-state index in [0.717, 1.165) is 17.0 Å². The molecule has 0 aromatic heterocycles. The third kappa shape index (κ3) is 3.41. The van der Waals surface area contributed by atoms with Gasteiger partial charge in [-0.25, -0.2) is 0 Å². The molecule has 0 heterocycles. The third-order valence-corrected chi connectivity index (χ3v) is 2.43. The first kappa shape index (κ1) is 10.6. The first-order valence-electron chi connectivity index (χ1n) is 4.20. The van der Waals surface area contributed by atoms with Gasteiger partial charge in [-0.2, -0.15) is 0 Å². The molecule has 1 aromatic rings. The van der Waals surface area contributed by atoms with Crippen molar-refractivity contribution < 1.29 is 0 Å². The molecule has 1 rings (SSSR count). The number of rotatable bonds is 3. The van der Waals surface area contributed by atoms with Gasteiger partial charge in [0.25, 0.3) is 0 Å². The molecule has 0 aliphatic carbocycles. The summed E-state index contributed by atoms with van der Waals surface area (Å²) in [6.45, 7) is 2.00. The number of halogens is 2. The molecule has 0 saturated carbocycles. The molecule has 2 heteroatoms. The Morgan fingerprint density at radius 3 is 2.69 bits per heavy atom. The molecule has 0 aliphatic heterocycles. The maximum absolute atomic E-state index is 5.98. The van der Waals surface area contributed by atoms with Crippen molar-refractivity contribution in [2.45, 2.75) is 13.3 Å². The largest absolute Gasteiger partial charge is 0.122 e. The second-order valence-corrected chi connectivity index (χ2v) is 3.63. The van der Waals surface area contributed by atoms with Crippen LogP contribution < -0.4 is 0 Å². The lowest BCUT2D eigenvalue weighted by Gasteiger charge is -2.00. The van der Waals surface area contributed by atoms with Crippen LogP contribution in [-0.2, 0) is 6.42 Å². The van der Waals surface area contributed by atoms with Gasteiger partial charge in [0, 0.05) is 10.9 Å². The third-order valence-electron chi connectivity index (χ3n) is 1.85. The van der Waals surface area contributed by atoms with E-state index in [-0.39, 0.29) is 0 Å². The van der Waals surface area contributed by atoms with Crippen LogP contribution in [0, 0.1) is 6.92 Å². The van der Waals surface area contributed by atoms with E-state index in [4.69, 9.17) is 23.2 Å². The average molecular weight is 215 g/mol. The topological polar surface area (TPSA) is 0 Å². The van der Waals surface area contributed by atoms with Gasteiger partial charge < -0.3 is 0 Å². The summed E-state index contributed by atoms with van der Waals surface area (Å²) in [5.41, 5.74) is 2.34. The van der Waals surface area contributed by atoms with Gasteiger partial charge in [0.15, 0.2) is 0 Å². The van der Waals surface area contributed by atoms with Gasteiger partial charge in [0.1, 0.15) is 0 Å². The van der Waals surface area contributed by atoms with Crippen molar-refractivity contribution in [1.82, 2.24) is 0 Å². The van der Waals surface area contributed by atoms with E-state index in [1.807, 2.05) is 31.2 Å².